The van der Waals surface area contributed by atoms with Crippen molar-refractivity contribution in [3.05, 3.63) is 29.8 Å². The lowest BCUT2D eigenvalue weighted by molar-refractivity contribution is -0.148. The van der Waals surface area contributed by atoms with Crippen LogP contribution in [0.5, 0.6) is 5.75 Å². The summed E-state index contributed by atoms with van der Waals surface area (Å²) < 4.78 is 5.17. The van der Waals surface area contributed by atoms with Gasteiger partial charge in [-0.2, -0.15) is 0 Å². The molecule has 1 aromatic rings. The van der Waals surface area contributed by atoms with Crippen LogP contribution in [0.2, 0.25) is 0 Å². The number of hydrogen-bond acceptors (Lipinski definition) is 2. The van der Waals surface area contributed by atoms with E-state index in [1.54, 1.807) is 7.11 Å². The van der Waals surface area contributed by atoms with Gasteiger partial charge in [0, 0.05) is 0 Å². The van der Waals surface area contributed by atoms with E-state index >= 15 is 0 Å². The number of ether oxygens (including phenoxy) is 1. The molecule has 0 aromatic heterocycles. The highest BCUT2D eigenvalue weighted by molar-refractivity contribution is 5.76. The third-order valence-electron chi connectivity index (χ3n) is 5.00. The third-order valence-corrected chi connectivity index (χ3v) is 5.00. The molecule has 0 aliphatic heterocycles. The van der Waals surface area contributed by atoms with Gasteiger partial charge in [-0.1, -0.05) is 12.1 Å². The molecule has 2 fully saturated rings. The van der Waals surface area contributed by atoms with E-state index in [1.165, 1.54) is 5.56 Å². The Kier molecular flexibility index (Phi) is 2.40. The Morgan fingerprint density at radius 3 is 2.22 bits per heavy atom. The smallest absolute Gasteiger partial charge is 0.309 e. The van der Waals surface area contributed by atoms with Gasteiger partial charge in [-0.25, -0.2) is 0 Å². The molecule has 3 heteroatoms. The predicted octanol–water partition coefficient (Wildman–Crippen LogP) is 2.98. The number of rotatable bonds is 3. The fourth-order valence-corrected chi connectivity index (χ4v) is 3.83. The molecule has 2 saturated carbocycles. The quantitative estimate of drug-likeness (QED) is 0.891. The Balaban J connectivity index is 1.91. The zero-order valence-electron chi connectivity index (χ0n) is 10.6. The van der Waals surface area contributed by atoms with Crippen LogP contribution in [-0.2, 0) is 10.2 Å². The topological polar surface area (TPSA) is 46.5 Å². The first-order valence-corrected chi connectivity index (χ1v) is 6.48. The molecule has 18 heavy (non-hydrogen) atoms. The van der Waals surface area contributed by atoms with Gasteiger partial charge in [0.25, 0.3) is 0 Å². The van der Waals surface area contributed by atoms with Gasteiger partial charge < -0.3 is 9.84 Å². The van der Waals surface area contributed by atoms with Crippen molar-refractivity contribution in [2.75, 3.05) is 7.11 Å². The average Bonchev–Trinajstić information content (AvgIpc) is 2.97. The zero-order chi connectivity index (χ0) is 12.8. The SMILES string of the molecule is COc1ccc(C23CCC(C(=O)O)(CC2)C3)cc1. The number of fused-ring (bicyclic) bond motifs is 2. The van der Waals surface area contributed by atoms with E-state index in [1.807, 2.05) is 12.1 Å². The summed E-state index contributed by atoms with van der Waals surface area (Å²) >= 11 is 0. The van der Waals surface area contributed by atoms with E-state index in [0.717, 1.165) is 37.9 Å². The van der Waals surface area contributed by atoms with Crippen LogP contribution in [0.25, 0.3) is 0 Å². The standard InChI is InChI=1S/C15H18O3/c1-18-12-4-2-11(3-5-12)14-6-8-15(10-14,9-7-14)13(16)17/h2-5H,6-10H2,1H3,(H,16,17). The van der Waals surface area contributed by atoms with Gasteiger partial charge >= 0.3 is 5.97 Å². The number of benzene rings is 1. The Bertz CT molecular complexity index is 467. The summed E-state index contributed by atoms with van der Waals surface area (Å²) in [5, 5.41) is 9.41. The number of aliphatic carboxylic acids is 1. The summed E-state index contributed by atoms with van der Waals surface area (Å²) in [5.74, 6) is 0.256. The Labute approximate surface area is 107 Å². The van der Waals surface area contributed by atoms with E-state index in [0.29, 0.717) is 0 Å². The van der Waals surface area contributed by atoms with Crippen molar-refractivity contribution in [3.8, 4) is 5.75 Å². The molecule has 0 spiro atoms. The van der Waals surface area contributed by atoms with Crippen molar-refractivity contribution in [2.24, 2.45) is 5.41 Å². The van der Waals surface area contributed by atoms with E-state index in [-0.39, 0.29) is 5.41 Å². The molecule has 2 aliphatic rings. The van der Waals surface area contributed by atoms with Crippen molar-refractivity contribution in [1.82, 2.24) is 0 Å². The second-order valence-corrected chi connectivity index (χ2v) is 5.77. The van der Waals surface area contributed by atoms with Crippen LogP contribution < -0.4 is 4.74 Å². The number of methoxy groups -OCH3 is 1. The molecule has 0 heterocycles. The second-order valence-electron chi connectivity index (χ2n) is 5.77. The van der Waals surface area contributed by atoms with E-state index in [2.05, 4.69) is 12.1 Å². The van der Waals surface area contributed by atoms with Crippen LogP contribution >= 0.6 is 0 Å². The van der Waals surface area contributed by atoms with Crippen LogP contribution in [0.4, 0.5) is 0 Å². The van der Waals surface area contributed by atoms with Crippen molar-refractivity contribution < 1.29 is 14.6 Å². The van der Waals surface area contributed by atoms with Gasteiger partial charge in [0.1, 0.15) is 5.75 Å². The van der Waals surface area contributed by atoms with Crippen LogP contribution in [0.15, 0.2) is 24.3 Å². The molecule has 0 amide bonds. The minimum Gasteiger partial charge on any atom is -0.497 e. The third kappa shape index (κ3) is 1.46. The van der Waals surface area contributed by atoms with Gasteiger partial charge in [0.15, 0.2) is 0 Å². The van der Waals surface area contributed by atoms with Crippen molar-refractivity contribution in [1.29, 1.82) is 0 Å². The second kappa shape index (κ2) is 3.74. The van der Waals surface area contributed by atoms with Crippen molar-refractivity contribution in [3.63, 3.8) is 0 Å². The molecule has 1 N–H and O–H groups in total. The maximum Gasteiger partial charge on any atom is 0.309 e. The van der Waals surface area contributed by atoms with Crippen molar-refractivity contribution >= 4 is 5.97 Å². The summed E-state index contributed by atoms with van der Waals surface area (Å²) in [4.78, 5) is 11.4. The largest absolute Gasteiger partial charge is 0.497 e. The summed E-state index contributed by atoms with van der Waals surface area (Å²) in [5.41, 5.74) is 0.939. The number of hydrogen-bond donors (Lipinski definition) is 1. The van der Waals surface area contributed by atoms with E-state index in [9.17, 15) is 9.90 Å². The fourth-order valence-electron chi connectivity index (χ4n) is 3.83. The van der Waals surface area contributed by atoms with Crippen LogP contribution in [-0.4, -0.2) is 18.2 Å². The zero-order valence-corrected chi connectivity index (χ0v) is 10.6. The van der Waals surface area contributed by atoms with Crippen LogP contribution in [0.3, 0.4) is 0 Å². The van der Waals surface area contributed by atoms with Gasteiger partial charge in [0.2, 0.25) is 0 Å². The first kappa shape index (κ1) is 11.6. The minimum atomic E-state index is -0.601. The van der Waals surface area contributed by atoms with E-state index < -0.39 is 11.4 Å². The highest BCUT2D eigenvalue weighted by atomic mass is 16.5. The van der Waals surface area contributed by atoms with Gasteiger partial charge in [-0.3, -0.25) is 4.79 Å². The molecule has 1 aromatic carbocycles. The molecule has 3 rings (SSSR count). The van der Waals surface area contributed by atoms with Crippen LogP contribution in [0, 0.1) is 5.41 Å². The summed E-state index contributed by atoms with van der Waals surface area (Å²) in [6.45, 7) is 0. The molecule has 0 atom stereocenters. The molecule has 2 aliphatic carbocycles. The van der Waals surface area contributed by atoms with Gasteiger partial charge in [0.05, 0.1) is 12.5 Å². The lowest BCUT2D eigenvalue weighted by Crippen LogP contribution is -2.25. The highest BCUT2D eigenvalue weighted by Crippen LogP contribution is 2.62. The molecule has 2 bridgehead atoms. The number of carbonyl (C=O) groups is 1. The number of carboxylic acid groups (broad SMARTS) is 1. The minimum absolute atomic E-state index is 0.102. The molecule has 0 radical (unpaired) electrons. The Morgan fingerprint density at radius 2 is 1.78 bits per heavy atom. The average molecular weight is 246 g/mol. The Morgan fingerprint density at radius 1 is 1.17 bits per heavy atom. The molecular formula is C15H18O3. The summed E-state index contributed by atoms with van der Waals surface area (Å²) in [6.07, 6.45) is 4.47. The monoisotopic (exact) mass is 246 g/mol. The molecule has 96 valence electrons. The first-order valence-electron chi connectivity index (χ1n) is 6.48. The normalized spacial score (nSPS) is 33.6. The predicted molar refractivity (Wildman–Crippen MR) is 67.8 cm³/mol. The summed E-state index contributed by atoms with van der Waals surface area (Å²) in [7, 11) is 1.66. The fraction of sp³-hybridized carbons (Fsp3) is 0.533. The maximum atomic E-state index is 11.4. The van der Waals surface area contributed by atoms with Gasteiger partial charge in [-0.15, -0.1) is 0 Å². The van der Waals surface area contributed by atoms with E-state index in [4.69, 9.17) is 4.74 Å². The number of carboxylic acids is 1. The Hall–Kier alpha value is -1.51. The van der Waals surface area contributed by atoms with Crippen LogP contribution in [0.1, 0.15) is 37.7 Å². The first-order chi connectivity index (χ1) is 8.60. The molecule has 0 saturated heterocycles. The molecule has 3 nitrogen and oxygen atoms in total. The molecular weight excluding hydrogens is 228 g/mol. The lowest BCUT2D eigenvalue weighted by Gasteiger charge is -2.27. The maximum absolute atomic E-state index is 11.4. The highest BCUT2D eigenvalue weighted by Gasteiger charge is 2.58. The van der Waals surface area contributed by atoms with Gasteiger partial charge in [-0.05, 0) is 55.2 Å². The van der Waals surface area contributed by atoms with Crippen molar-refractivity contribution in [2.45, 2.75) is 37.5 Å². The lowest BCUT2D eigenvalue weighted by atomic mass is 9.77. The summed E-state index contributed by atoms with van der Waals surface area (Å²) in [6, 6.07) is 8.15. The molecule has 0 unspecified atom stereocenters.